The van der Waals surface area contributed by atoms with Crippen molar-refractivity contribution < 1.29 is 4.74 Å². The van der Waals surface area contributed by atoms with Crippen LogP contribution in [0.4, 0.5) is 0 Å². The predicted octanol–water partition coefficient (Wildman–Crippen LogP) is 2.69. The van der Waals surface area contributed by atoms with Crippen LogP contribution in [0.25, 0.3) is 0 Å². The van der Waals surface area contributed by atoms with Crippen molar-refractivity contribution in [2.75, 3.05) is 26.0 Å². The number of benzene rings is 1. The van der Waals surface area contributed by atoms with E-state index in [1.807, 2.05) is 13.1 Å². The van der Waals surface area contributed by atoms with E-state index >= 15 is 0 Å². The van der Waals surface area contributed by atoms with Crippen LogP contribution in [-0.4, -0.2) is 30.7 Å². The number of nitrogens with one attached hydrogen (secondary N) is 1. The first-order valence-corrected chi connectivity index (χ1v) is 7.23. The quantitative estimate of drug-likeness (QED) is 0.840. The van der Waals surface area contributed by atoms with Gasteiger partial charge < -0.3 is 10.1 Å². The lowest BCUT2D eigenvalue weighted by Gasteiger charge is -2.27. The van der Waals surface area contributed by atoms with Gasteiger partial charge in [0, 0.05) is 6.54 Å². The molecule has 1 atom stereocenters. The van der Waals surface area contributed by atoms with E-state index in [-0.39, 0.29) is 0 Å². The summed E-state index contributed by atoms with van der Waals surface area (Å²) in [6.45, 7) is 2.63. The molecule has 1 saturated heterocycles. The van der Waals surface area contributed by atoms with E-state index in [0.717, 1.165) is 19.8 Å². The normalized spacial score (nSPS) is 24.1. The smallest absolute Gasteiger partial charge is 0.0717 e. The Morgan fingerprint density at radius 2 is 2.18 bits per heavy atom. The standard InChI is InChI=1S/C14H21NOS/c1-15-11-14(8-5-9-17-14)12-16-10-13-6-3-2-4-7-13/h2-4,6-7,15H,5,8-12H2,1H3. The first-order chi connectivity index (χ1) is 8.35. The molecule has 1 aliphatic heterocycles. The van der Waals surface area contributed by atoms with E-state index in [1.54, 1.807) is 0 Å². The highest BCUT2D eigenvalue weighted by molar-refractivity contribution is 8.01. The molecule has 94 valence electrons. The molecule has 0 aromatic heterocycles. The molecule has 2 nitrogen and oxygen atoms in total. The van der Waals surface area contributed by atoms with Gasteiger partial charge in [0.2, 0.25) is 0 Å². The zero-order valence-corrected chi connectivity index (χ0v) is 11.3. The summed E-state index contributed by atoms with van der Waals surface area (Å²) in [5, 5.41) is 3.30. The number of ether oxygens (including phenoxy) is 1. The van der Waals surface area contributed by atoms with Crippen LogP contribution in [0.1, 0.15) is 18.4 Å². The Balaban J connectivity index is 1.80. The number of hydrogen-bond donors (Lipinski definition) is 1. The molecule has 0 radical (unpaired) electrons. The molecular weight excluding hydrogens is 230 g/mol. The predicted molar refractivity (Wildman–Crippen MR) is 74.4 cm³/mol. The summed E-state index contributed by atoms with van der Waals surface area (Å²) < 4.78 is 6.21. The summed E-state index contributed by atoms with van der Waals surface area (Å²) in [7, 11) is 2.03. The lowest BCUT2D eigenvalue weighted by molar-refractivity contribution is 0.0976. The maximum absolute atomic E-state index is 5.90. The van der Waals surface area contributed by atoms with Gasteiger partial charge in [-0.2, -0.15) is 11.8 Å². The Kier molecular flexibility index (Phi) is 4.89. The van der Waals surface area contributed by atoms with Gasteiger partial charge in [-0.3, -0.25) is 0 Å². The van der Waals surface area contributed by atoms with Gasteiger partial charge in [0.05, 0.1) is 18.0 Å². The van der Waals surface area contributed by atoms with Crippen molar-refractivity contribution in [1.29, 1.82) is 0 Å². The fourth-order valence-corrected chi connectivity index (χ4v) is 3.73. The SMILES string of the molecule is CNCC1(COCc2ccccc2)CCCS1. The monoisotopic (exact) mass is 251 g/mol. The molecule has 1 heterocycles. The van der Waals surface area contributed by atoms with Crippen LogP contribution >= 0.6 is 11.8 Å². The molecule has 1 aromatic carbocycles. The third-order valence-electron chi connectivity index (χ3n) is 3.16. The molecule has 3 heteroatoms. The van der Waals surface area contributed by atoms with Crippen molar-refractivity contribution in [3.63, 3.8) is 0 Å². The first-order valence-electron chi connectivity index (χ1n) is 6.25. The minimum absolute atomic E-state index is 0.309. The molecular formula is C14H21NOS. The van der Waals surface area contributed by atoms with Crippen molar-refractivity contribution in [3.05, 3.63) is 35.9 Å². The topological polar surface area (TPSA) is 21.3 Å². The number of hydrogen-bond acceptors (Lipinski definition) is 3. The van der Waals surface area contributed by atoms with Gasteiger partial charge in [-0.05, 0) is 31.2 Å². The second-order valence-corrected chi connectivity index (χ2v) is 6.21. The molecule has 0 amide bonds. The second kappa shape index (κ2) is 6.43. The highest BCUT2D eigenvalue weighted by atomic mass is 32.2. The Morgan fingerprint density at radius 3 is 2.82 bits per heavy atom. The zero-order chi connectivity index (χ0) is 12.0. The van der Waals surface area contributed by atoms with E-state index in [2.05, 4.69) is 41.3 Å². The Labute approximate surface area is 108 Å². The third-order valence-corrected chi connectivity index (χ3v) is 4.73. The summed E-state index contributed by atoms with van der Waals surface area (Å²) in [6.07, 6.45) is 2.59. The van der Waals surface area contributed by atoms with Crippen LogP contribution in [0.3, 0.4) is 0 Å². The van der Waals surface area contributed by atoms with E-state index in [9.17, 15) is 0 Å². The molecule has 17 heavy (non-hydrogen) atoms. The Hall–Kier alpha value is -0.510. The highest BCUT2D eigenvalue weighted by Gasteiger charge is 2.34. The lowest BCUT2D eigenvalue weighted by Crippen LogP contribution is -2.38. The van der Waals surface area contributed by atoms with Crippen LogP contribution in [0.5, 0.6) is 0 Å². The molecule has 0 saturated carbocycles. The van der Waals surface area contributed by atoms with Crippen LogP contribution in [0.2, 0.25) is 0 Å². The molecule has 1 N–H and O–H groups in total. The molecule has 2 rings (SSSR count). The zero-order valence-electron chi connectivity index (χ0n) is 10.4. The van der Waals surface area contributed by atoms with E-state index in [4.69, 9.17) is 4.74 Å². The molecule has 1 aromatic rings. The van der Waals surface area contributed by atoms with Gasteiger partial charge in [-0.1, -0.05) is 30.3 Å². The lowest BCUT2D eigenvalue weighted by atomic mass is 10.0. The van der Waals surface area contributed by atoms with Crippen LogP contribution in [0, 0.1) is 0 Å². The Bertz CT molecular complexity index is 322. The molecule has 1 fully saturated rings. The van der Waals surface area contributed by atoms with Crippen LogP contribution in [0.15, 0.2) is 30.3 Å². The average molecular weight is 251 g/mol. The Morgan fingerprint density at radius 1 is 1.35 bits per heavy atom. The van der Waals surface area contributed by atoms with Crippen molar-refractivity contribution in [3.8, 4) is 0 Å². The van der Waals surface area contributed by atoms with E-state index < -0.39 is 0 Å². The minimum Gasteiger partial charge on any atom is -0.375 e. The van der Waals surface area contributed by atoms with Gasteiger partial charge in [-0.15, -0.1) is 0 Å². The van der Waals surface area contributed by atoms with Crippen molar-refractivity contribution in [1.82, 2.24) is 5.32 Å². The maximum Gasteiger partial charge on any atom is 0.0717 e. The van der Waals surface area contributed by atoms with Gasteiger partial charge in [0.25, 0.3) is 0 Å². The molecule has 1 unspecified atom stereocenters. The van der Waals surface area contributed by atoms with Gasteiger partial charge in [0.1, 0.15) is 0 Å². The van der Waals surface area contributed by atoms with Crippen LogP contribution in [-0.2, 0) is 11.3 Å². The third kappa shape index (κ3) is 3.73. The van der Waals surface area contributed by atoms with Gasteiger partial charge in [0.15, 0.2) is 0 Å². The average Bonchev–Trinajstić information content (AvgIpc) is 2.80. The fourth-order valence-electron chi connectivity index (χ4n) is 2.31. The summed E-state index contributed by atoms with van der Waals surface area (Å²) >= 11 is 2.06. The van der Waals surface area contributed by atoms with Gasteiger partial charge in [-0.25, -0.2) is 0 Å². The highest BCUT2D eigenvalue weighted by Crippen LogP contribution is 2.38. The summed E-state index contributed by atoms with van der Waals surface area (Å²) in [4.78, 5) is 0. The first kappa shape index (κ1) is 12.9. The molecule has 0 aliphatic carbocycles. The maximum atomic E-state index is 5.90. The second-order valence-electron chi connectivity index (χ2n) is 4.64. The minimum atomic E-state index is 0.309. The van der Waals surface area contributed by atoms with Gasteiger partial charge >= 0.3 is 0 Å². The number of rotatable bonds is 6. The van der Waals surface area contributed by atoms with Crippen molar-refractivity contribution in [2.24, 2.45) is 0 Å². The largest absolute Gasteiger partial charge is 0.375 e. The summed E-state index contributed by atoms with van der Waals surface area (Å²) in [6, 6.07) is 10.4. The molecule has 0 spiro atoms. The van der Waals surface area contributed by atoms with Crippen molar-refractivity contribution in [2.45, 2.75) is 24.2 Å². The number of thioether (sulfide) groups is 1. The molecule has 1 aliphatic rings. The van der Waals surface area contributed by atoms with E-state index in [1.165, 1.54) is 24.2 Å². The summed E-state index contributed by atoms with van der Waals surface area (Å²) in [5.41, 5.74) is 1.26. The van der Waals surface area contributed by atoms with E-state index in [0.29, 0.717) is 4.75 Å². The van der Waals surface area contributed by atoms with Crippen molar-refractivity contribution >= 4 is 11.8 Å². The molecule has 0 bridgehead atoms. The fraction of sp³-hybridized carbons (Fsp3) is 0.571. The van der Waals surface area contributed by atoms with Crippen LogP contribution < -0.4 is 5.32 Å². The summed E-state index contributed by atoms with van der Waals surface area (Å²) in [5.74, 6) is 1.27.